The number of alkyl halides is 1. The predicted molar refractivity (Wildman–Crippen MR) is 83.6 cm³/mol. The van der Waals surface area contributed by atoms with E-state index in [4.69, 9.17) is 11.6 Å². The van der Waals surface area contributed by atoms with E-state index < -0.39 is 0 Å². The van der Waals surface area contributed by atoms with Crippen molar-refractivity contribution in [2.45, 2.75) is 19.3 Å². The fourth-order valence-electron chi connectivity index (χ4n) is 2.21. The standard InChI is InChI=1S/C15H18BrClN2/c1-19-14(8-9-18-19)7-6-12(11-17)10-13-4-2-3-5-15(13)16/h2-5,8-9,12H,6-7,10-11H2,1H3. The summed E-state index contributed by atoms with van der Waals surface area (Å²) in [4.78, 5) is 0. The van der Waals surface area contributed by atoms with E-state index in [-0.39, 0.29) is 0 Å². The van der Waals surface area contributed by atoms with Crippen LogP contribution in [0.3, 0.4) is 0 Å². The molecule has 0 aliphatic heterocycles. The summed E-state index contributed by atoms with van der Waals surface area (Å²) >= 11 is 9.71. The van der Waals surface area contributed by atoms with Crippen molar-refractivity contribution in [3.63, 3.8) is 0 Å². The Morgan fingerprint density at radius 2 is 2.11 bits per heavy atom. The number of halogens is 2. The molecule has 0 spiro atoms. The Kier molecular flexibility index (Phi) is 5.46. The lowest BCUT2D eigenvalue weighted by Gasteiger charge is -2.15. The highest BCUT2D eigenvalue weighted by Gasteiger charge is 2.11. The monoisotopic (exact) mass is 340 g/mol. The molecule has 0 saturated carbocycles. The normalized spacial score (nSPS) is 12.6. The quantitative estimate of drug-likeness (QED) is 0.720. The Morgan fingerprint density at radius 1 is 1.32 bits per heavy atom. The lowest BCUT2D eigenvalue weighted by molar-refractivity contribution is 0.522. The molecule has 2 rings (SSSR count). The van der Waals surface area contributed by atoms with Crippen LogP contribution in [-0.4, -0.2) is 15.7 Å². The van der Waals surface area contributed by atoms with Gasteiger partial charge < -0.3 is 0 Å². The molecule has 1 aromatic heterocycles. The van der Waals surface area contributed by atoms with Crippen molar-refractivity contribution in [1.82, 2.24) is 9.78 Å². The fourth-order valence-corrected chi connectivity index (χ4v) is 2.92. The zero-order chi connectivity index (χ0) is 13.7. The summed E-state index contributed by atoms with van der Waals surface area (Å²) < 4.78 is 3.11. The highest BCUT2D eigenvalue weighted by atomic mass is 79.9. The topological polar surface area (TPSA) is 17.8 Å². The zero-order valence-corrected chi connectivity index (χ0v) is 13.4. The molecular formula is C15H18BrClN2. The molecule has 4 heteroatoms. The molecule has 1 aromatic carbocycles. The summed E-state index contributed by atoms with van der Waals surface area (Å²) in [6, 6.07) is 10.4. The van der Waals surface area contributed by atoms with Gasteiger partial charge in [-0.05, 0) is 42.9 Å². The Hall–Kier alpha value is -0.800. The van der Waals surface area contributed by atoms with E-state index in [1.165, 1.54) is 15.7 Å². The van der Waals surface area contributed by atoms with Gasteiger partial charge in [0.05, 0.1) is 0 Å². The van der Waals surface area contributed by atoms with Gasteiger partial charge in [0.15, 0.2) is 0 Å². The molecule has 0 radical (unpaired) electrons. The minimum Gasteiger partial charge on any atom is -0.273 e. The van der Waals surface area contributed by atoms with E-state index in [1.54, 1.807) is 0 Å². The van der Waals surface area contributed by atoms with Crippen molar-refractivity contribution < 1.29 is 0 Å². The predicted octanol–water partition coefficient (Wildman–Crippen LogP) is 4.21. The van der Waals surface area contributed by atoms with Gasteiger partial charge in [-0.15, -0.1) is 11.6 Å². The van der Waals surface area contributed by atoms with Gasteiger partial charge in [0.25, 0.3) is 0 Å². The summed E-state index contributed by atoms with van der Waals surface area (Å²) in [6.07, 6.45) is 4.98. The minimum absolute atomic E-state index is 0.496. The first kappa shape index (κ1) is 14.6. The van der Waals surface area contributed by atoms with Crippen molar-refractivity contribution in [2.24, 2.45) is 13.0 Å². The maximum Gasteiger partial charge on any atom is 0.0492 e. The van der Waals surface area contributed by atoms with Gasteiger partial charge in [-0.3, -0.25) is 4.68 Å². The SMILES string of the molecule is Cn1nccc1CCC(CCl)Cc1ccccc1Br. The van der Waals surface area contributed by atoms with Crippen LogP contribution in [0.1, 0.15) is 17.7 Å². The van der Waals surface area contributed by atoms with Crippen LogP contribution in [0, 0.1) is 5.92 Å². The molecule has 2 aromatic rings. The summed E-state index contributed by atoms with van der Waals surface area (Å²) in [7, 11) is 1.98. The molecule has 0 bridgehead atoms. The Morgan fingerprint density at radius 3 is 2.74 bits per heavy atom. The lowest BCUT2D eigenvalue weighted by Crippen LogP contribution is -2.10. The van der Waals surface area contributed by atoms with Crippen LogP contribution in [0.25, 0.3) is 0 Å². The maximum atomic E-state index is 6.11. The van der Waals surface area contributed by atoms with Crippen molar-refractivity contribution in [2.75, 3.05) is 5.88 Å². The third-order valence-electron chi connectivity index (χ3n) is 3.42. The maximum absolute atomic E-state index is 6.11. The highest BCUT2D eigenvalue weighted by molar-refractivity contribution is 9.10. The van der Waals surface area contributed by atoms with Crippen LogP contribution in [0.5, 0.6) is 0 Å². The second kappa shape index (κ2) is 7.11. The molecule has 19 heavy (non-hydrogen) atoms. The van der Waals surface area contributed by atoms with Gasteiger partial charge in [0, 0.05) is 29.3 Å². The van der Waals surface area contributed by atoms with Gasteiger partial charge in [-0.25, -0.2) is 0 Å². The number of benzene rings is 1. The second-order valence-corrected chi connectivity index (χ2v) is 5.96. The van der Waals surface area contributed by atoms with E-state index in [0.29, 0.717) is 11.8 Å². The van der Waals surface area contributed by atoms with E-state index >= 15 is 0 Å². The van der Waals surface area contributed by atoms with Gasteiger partial charge >= 0.3 is 0 Å². The lowest BCUT2D eigenvalue weighted by atomic mass is 9.96. The molecule has 0 saturated heterocycles. The molecule has 1 atom stereocenters. The van der Waals surface area contributed by atoms with Crippen LogP contribution in [0.15, 0.2) is 41.0 Å². The molecule has 0 fully saturated rings. The van der Waals surface area contributed by atoms with Crippen LogP contribution in [0.4, 0.5) is 0 Å². The fraction of sp³-hybridized carbons (Fsp3) is 0.400. The van der Waals surface area contributed by atoms with Crippen LogP contribution in [0.2, 0.25) is 0 Å². The third kappa shape index (κ3) is 4.08. The summed E-state index contributed by atoms with van der Waals surface area (Å²) in [6.45, 7) is 0. The molecule has 1 unspecified atom stereocenters. The minimum atomic E-state index is 0.496. The van der Waals surface area contributed by atoms with E-state index in [0.717, 1.165) is 19.3 Å². The number of hydrogen-bond acceptors (Lipinski definition) is 1. The summed E-state index contributed by atoms with van der Waals surface area (Å²) in [5.74, 6) is 1.19. The molecule has 0 amide bonds. The Bertz CT molecular complexity index is 524. The molecule has 102 valence electrons. The Balaban J connectivity index is 1.94. The molecule has 1 heterocycles. The largest absolute Gasteiger partial charge is 0.273 e. The van der Waals surface area contributed by atoms with Crippen LogP contribution in [-0.2, 0) is 19.9 Å². The number of hydrogen-bond donors (Lipinski definition) is 0. The van der Waals surface area contributed by atoms with Gasteiger partial charge in [-0.1, -0.05) is 34.1 Å². The first-order valence-electron chi connectivity index (χ1n) is 6.47. The number of rotatable bonds is 6. The van der Waals surface area contributed by atoms with E-state index in [1.807, 2.05) is 24.0 Å². The average molecular weight is 342 g/mol. The van der Waals surface area contributed by atoms with E-state index in [2.05, 4.69) is 45.3 Å². The van der Waals surface area contributed by atoms with Crippen LogP contribution >= 0.6 is 27.5 Å². The highest BCUT2D eigenvalue weighted by Crippen LogP contribution is 2.22. The third-order valence-corrected chi connectivity index (χ3v) is 4.63. The molecule has 2 nitrogen and oxygen atoms in total. The van der Waals surface area contributed by atoms with Crippen molar-refractivity contribution in [1.29, 1.82) is 0 Å². The first-order chi connectivity index (χ1) is 9.20. The average Bonchev–Trinajstić information content (AvgIpc) is 2.82. The second-order valence-electron chi connectivity index (χ2n) is 4.80. The molecule has 0 aliphatic carbocycles. The molecular weight excluding hydrogens is 324 g/mol. The summed E-state index contributed by atoms with van der Waals surface area (Å²) in [5, 5.41) is 4.19. The van der Waals surface area contributed by atoms with Gasteiger partial charge in [0.2, 0.25) is 0 Å². The summed E-state index contributed by atoms with van der Waals surface area (Å²) in [5.41, 5.74) is 2.60. The smallest absolute Gasteiger partial charge is 0.0492 e. The number of aryl methyl sites for hydroxylation is 2. The van der Waals surface area contributed by atoms with Crippen molar-refractivity contribution in [3.8, 4) is 0 Å². The van der Waals surface area contributed by atoms with Crippen molar-refractivity contribution >= 4 is 27.5 Å². The molecule has 0 aliphatic rings. The van der Waals surface area contributed by atoms with Crippen molar-refractivity contribution in [3.05, 3.63) is 52.3 Å². The zero-order valence-electron chi connectivity index (χ0n) is 11.0. The van der Waals surface area contributed by atoms with Crippen LogP contribution < -0.4 is 0 Å². The van der Waals surface area contributed by atoms with Gasteiger partial charge in [0.1, 0.15) is 0 Å². The first-order valence-corrected chi connectivity index (χ1v) is 7.79. The van der Waals surface area contributed by atoms with E-state index in [9.17, 15) is 0 Å². The van der Waals surface area contributed by atoms with Gasteiger partial charge in [-0.2, -0.15) is 5.10 Å². The molecule has 0 N–H and O–H groups in total. The number of nitrogens with zero attached hydrogens (tertiary/aromatic N) is 2. The Labute approximate surface area is 127 Å². The number of aromatic nitrogens is 2.